The SMILES string of the molecule is O=C(Nc1cccn(Cc2ccc(F)cc2)c1=O)N1CCOCC1. The van der Waals surface area contributed by atoms with Gasteiger partial charge in [0.15, 0.2) is 0 Å². The molecule has 0 bridgehead atoms. The summed E-state index contributed by atoms with van der Waals surface area (Å²) < 4.78 is 19.6. The van der Waals surface area contributed by atoms with E-state index in [0.29, 0.717) is 32.8 Å². The van der Waals surface area contributed by atoms with E-state index in [-0.39, 0.29) is 23.1 Å². The number of urea groups is 1. The maximum absolute atomic E-state index is 13.0. The lowest BCUT2D eigenvalue weighted by molar-refractivity contribution is 0.0564. The van der Waals surface area contributed by atoms with E-state index in [0.717, 1.165) is 5.56 Å². The van der Waals surface area contributed by atoms with E-state index in [4.69, 9.17) is 4.74 Å². The first-order valence-electron chi connectivity index (χ1n) is 7.71. The summed E-state index contributed by atoms with van der Waals surface area (Å²) >= 11 is 0. The largest absolute Gasteiger partial charge is 0.378 e. The Kier molecular flexibility index (Phi) is 4.90. The minimum Gasteiger partial charge on any atom is -0.378 e. The van der Waals surface area contributed by atoms with Crippen LogP contribution in [0, 0.1) is 5.82 Å². The maximum Gasteiger partial charge on any atom is 0.322 e. The Balaban J connectivity index is 1.74. The first-order chi connectivity index (χ1) is 11.6. The molecule has 0 saturated carbocycles. The molecule has 1 aromatic heterocycles. The fourth-order valence-corrected chi connectivity index (χ4v) is 2.50. The molecule has 1 N–H and O–H groups in total. The minimum absolute atomic E-state index is 0.219. The van der Waals surface area contributed by atoms with Gasteiger partial charge in [0, 0.05) is 19.3 Å². The van der Waals surface area contributed by atoms with Crippen LogP contribution in [-0.2, 0) is 11.3 Å². The Morgan fingerprint density at radius 3 is 2.58 bits per heavy atom. The van der Waals surface area contributed by atoms with Crippen LogP contribution in [0.3, 0.4) is 0 Å². The number of hydrogen-bond donors (Lipinski definition) is 1. The molecule has 126 valence electrons. The van der Waals surface area contributed by atoms with Crippen molar-refractivity contribution in [1.82, 2.24) is 9.47 Å². The van der Waals surface area contributed by atoms with Gasteiger partial charge in [0.05, 0.1) is 19.8 Å². The van der Waals surface area contributed by atoms with E-state index in [9.17, 15) is 14.0 Å². The highest BCUT2D eigenvalue weighted by Gasteiger charge is 2.18. The molecule has 0 spiro atoms. The zero-order valence-electron chi connectivity index (χ0n) is 13.1. The van der Waals surface area contributed by atoms with E-state index in [2.05, 4.69) is 5.32 Å². The lowest BCUT2D eigenvalue weighted by Crippen LogP contribution is -2.43. The normalized spacial score (nSPS) is 14.5. The predicted octanol–water partition coefficient (Wildman–Crippen LogP) is 1.90. The summed E-state index contributed by atoms with van der Waals surface area (Å²) in [6.45, 7) is 2.30. The average molecular weight is 331 g/mol. The van der Waals surface area contributed by atoms with Crippen LogP contribution in [0.15, 0.2) is 47.4 Å². The number of morpholine rings is 1. The highest BCUT2D eigenvalue weighted by molar-refractivity contribution is 5.89. The van der Waals surface area contributed by atoms with Crippen molar-refractivity contribution in [2.75, 3.05) is 31.6 Å². The predicted molar refractivity (Wildman–Crippen MR) is 87.6 cm³/mol. The van der Waals surface area contributed by atoms with Crippen LogP contribution >= 0.6 is 0 Å². The summed E-state index contributed by atoms with van der Waals surface area (Å²) in [5, 5.41) is 2.65. The standard InChI is InChI=1S/C17H18FN3O3/c18-14-5-3-13(4-6-14)12-21-7-1-2-15(16(21)22)19-17(23)20-8-10-24-11-9-20/h1-7H,8-12H2,(H,19,23). The Morgan fingerprint density at radius 2 is 1.88 bits per heavy atom. The van der Waals surface area contributed by atoms with E-state index in [1.807, 2.05) is 0 Å². The Hall–Kier alpha value is -2.67. The molecule has 0 aliphatic carbocycles. The summed E-state index contributed by atoms with van der Waals surface area (Å²) in [5.74, 6) is -0.322. The Bertz CT molecular complexity index is 767. The fourth-order valence-electron chi connectivity index (χ4n) is 2.50. The molecule has 24 heavy (non-hydrogen) atoms. The fraction of sp³-hybridized carbons (Fsp3) is 0.294. The van der Waals surface area contributed by atoms with Crippen LogP contribution in [-0.4, -0.2) is 41.8 Å². The average Bonchev–Trinajstić information content (AvgIpc) is 2.61. The van der Waals surface area contributed by atoms with Gasteiger partial charge in [-0.2, -0.15) is 0 Å². The summed E-state index contributed by atoms with van der Waals surface area (Å²) in [6.07, 6.45) is 1.64. The van der Waals surface area contributed by atoms with E-state index in [1.165, 1.54) is 16.7 Å². The number of amides is 2. The molecule has 7 heteroatoms. The van der Waals surface area contributed by atoms with Crippen molar-refractivity contribution in [2.24, 2.45) is 0 Å². The van der Waals surface area contributed by atoms with Crippen LogP contribution in [0.2, 0.25) is 0 Å². The number of nitrogens with one attached hydrogen (secondary N) is 1. The summed E-state index contributed by atoms with van der Waals surface area (Å²) in [7, 11) is 0. The van der Waals surface area contributed by atoms with Crippen LogP contribution in [0.1, 0.15) is 5.56 Å². The van der Waals surface area contributed by atoms with Gasteiger partial charge in [-0.1, -0.05) is 12.1 Å². The summed E-state index contributed by atoms with van der Waals surface area (Å²) in [5.41, 5.74) is 0.717. The molecule has 1 saturated heterocycles. The third kappa shape index (κ3) is 3.80. The van der Waals surface area contributed by atoms with Gasteiger partial charge in [0.2, 0.25) is 0 Å². The number of carbonyl (C=O) groups excluding carboxylic acids is 1. The van der Waals surface area contributed by atoms with Gasteiger partial charge in [-0.3, -0.25) is 4.79 Å². The summed E-state index contributed by atoms with van der Waals surface area (Å²) in [6, 6.07) is 8.91. The van der Waals surface area contributed by atoms with Crippen LogP contribution in [0.5, 0.6) is 0 Å². The number of carbonyl (C=O) groups is 1. The molecule has 1 aromatic carbocycles. The number of rotatable bonds is 3. The second-order valence-corrected chi connectivity index (χ2v) is 5.51. The Labute approximate surface area is 138 Å². The van der Waals surface area contributed by atoms with Crippen molar-refractivity contribution in [1.29, 1.82) is 0 Å². The smallest absolute Gasteiger partial charge is 0.322 e. The first-order valence-corrected chi connectivity index (χ1v) is 7.71. The molecular weight excluding hydrogens is 313 g/mol. The molecule has 0 unspecified atom stereocenters. The zero-order chi connectivity index (χ0) is 16.9. The number of anilines is 1. The molecule has 2 heterocycles. The van der Waals surface area contributed by atoms with E-state index in [1.54, 1.807) is 35.4 Å². The molecule has 0 atom stereocenters. The second kappa shape index (κ2) is 7.27. The molecule has 6 nitrogen and oxygen atoms in total. The molecule has 1 aliphatic rings. The van der Waals surface area contributed by atoms with E-state index < -0.39 is 0 Å². The van der Waals surface area contributed by atoms with Crippen molar-refractivity contribution >= 4 is 11.7 Å². The quantitative estimate of drug-likeness (QED) is 0.934. The highest BCUT2D eigenvalue weighted by atomic mass is 19.1. The maximum atomic E-state index is 13.0. The highest BCUT2D eigenvalue weighted by Crippen LogP contribution is 2.07. The van der Waals surface area contributed by atoms with E-state index >= 15 is 0 Å². The Morgan fingerprint density at radius 1 is 1.17 bits per heavy atom. The molecule has 2 aromatic rings. The number of halogens is 1. The van der Waals surface area contributed by atoms with Crippen LogP contribution < -0.4 is 10.9 Å². The molecule has 0 radical (unpaired) electrons. The summed E-state index contributed by atoms with van der Waals surface area (Å²) in [4.78, 5) is 26.3. The van der Waals surface area contributed by atoms with Gasteiger partial charge in [-0.05, 0) is 29.8 Å². The van der Waals surface area contributed by atoms with Gasteiger partial charge in [0.1, 0.15) is 11.5 Å². The third-order valence-corrected chi connectivity index (χ3v) is 3.83. The zero-order valence-corrected chi connectivity index (χ0v) is 13.1. The number of ether oxygens (including phenoxy) is 1. The first kappa shape index (κ1) is 16.2. The van der Waals surface area contributed by atoms with Gasteiger partial charge in [-0.25, -0.2) is 9.18 Å². The van der Waals surface area contributed by atoms with Crippen molar-refractivity contribution in [3.05, 3.63) is 64.3 Å². The van der Waals surface area contributed by atoms with Crippen LogP contribution in [0.25, 0.3) is 0 Å². The van der Waals surface area contributed by atoms with Gasteiger partial charge >= 0.3 is 6.03 Å². The number of pyridine rings is 1. The van der Waals surface area contributed by atoms with Gasteiger partial charge < -0.3 is 19.5 Å². The molecule has 2 amide bonds. The van der Waals surface area contributed by atoms with Crippen molar-refractivity contribution < 1.29 is 13.9 Å². The molecular formula is C17H18FN3O3. The van der Waals surface area contributed by atoms with Crippen LogP contribution in [0.4, 0.5) is 14.9 Å². The van der Waals surface area contributed by atoms with Crippen molar-refractivity contribution in [2.45, 2.75) is 6.54 Å². The lowest BCUT2D eigenvalue weighted by Gasteiger charge is -2.26. The monoisotopic (exact) mass is 331 g/mol. The minimum atomic E-state index is -0.322. The number of hydrogen-bond acceptors (Lipinski definition) is 3. The lowest BCUT2D eigenvalue weighted by atomic mass is 10.2. The van der Waals surface area contributed by atoms with Crippen molar-refractivity contribution in [3.8, 4) is 0 Å². The topological polar surface area (TPSA) is 63.6 Å². The second-order valence-electron chi connectivity index (χ2n) is 5.51. The molecule has 3 rings (SSSR count). The third-order valence-electron chi connectivity index (χ3n) is 3.83. The number of nitrogens with zero attached hydrogens (tertiary/aromatic N) is 2. The number of benzene rings is 1. The van der Waals surface area contributed by atoms with Crippen molar-refractivity contribution in [3.63, 3.8) is 0 Å². The van der Waals surface area contributed by atoms with Gasteiger partial charge in [-0.15, -0.1) is 0 Å². The number of aromatic nitrogens is 1. The van der Waals surface area contributed by atoms with Gasteiger partial charge in [0.25, 0.3) is 5.56 Å². The molecule has 1 aliphatic heterocycles. The molecule has 1 fully saturated rings.